The number of hydrogen-bond donors (Lipinski definition) is 3. The molecular formula is C10H18ClN3O3. The molecule has 0 bridgehead atoms. The van der Waals surface area contributed by atoms with Crippen LogP contribution in [0.1, 0.15) is 26.2 Å². The first-order chi connectivity index (χ1) is 8.10. The van der Waals surface area contributed by atoms with E-state index in [-0.39, 0.29) is 31.2 Å². The fourth-order valence-corrected chi connectivity index (χ4v) is 1.13. The van der Waals surface area contributed by atoms with Crippen molar-refractivity contribution in [2.45, 2.75) is 26.2 Å². The largest absolute Gasteiger partial charge is 0.356 e. The van der Waals surface area contributed by atoms with Crippen molar-refractivity contribution >= 4 is 29.4 Å². The van der Waals surface area contributed by atoms with E-state index >= 15 is 0 Å². The summed E-state index contributed by atoms with van der Waals surface area (Å²) in [7, 11) is 0. The molecule has 0 rings (SSSR count). The van der Waals surface area contributed by atoms with E-state index in [2.05, 4.69) is 16.0 Å². The lowest BCUT2D eigenvalue weighted by atomic mass is 10.4. The van der Waals surface area contributed by atoms with Gasteiger partial charge in [0.25, 0.3) is 0 Å². The lowest BCUT2D eigenvalue weighted by molar-refractivity contribution is -0.121. The Bertz CT molecular complexity index is 272. The Morgan fingerprint density at radius 1 is 1.00 bits per heavy atom. The van der Waals surface area contributed by atoms with Crippen molar-refractivity contribution in [3.63, 3.8) is 0 Å². The number of carbonyl (C=O) groups is 3. The minimum Gasteiger partial charge on any atom is -0.356 e. The fourth-order valence-electron chi connectivity index (χ4n) is 0.962. The number of hydrogen-bond acceptors (Lipinski definition) is 3. The molecule has 0 spiro atoms. The summed E-state index contributed by atoms with van der Waals surface area (Å²) in [5.41, 5.74) is 0. The highest BCUT2D eigenvalue weighted by atomic mass is 35.5. The van der Waals surface area contributed by atoms with Crippen LogP contribution in [0.5, 0.6) is 0 Å². The number of amides is 4. The molecule has 0 atom stereocenters. The van der Waals surface area contributed by atoms with Crippen molar-refractivity contribution in [1.82, 2.24) is 16.0 Å². The first-order valence-corrected chi connectivity index (χ1v) is 6.04. The van der Waals surface area contributed by atoms with E-state index in [4.69, 9.17) is 11.6 Å². The minimum absolute atomic E-state index is 0.0892. The first kappa shape index (κ1) is 15.7. The van der Waals surface area contributed by atoms with Gasteiger partial charge in [0.15, 0.2) is 0 Å². The zero-order valence-corrected chi connectivity index (χ0v) is 10.6. The fraction of sp³-hybridized carbons (Fsp3) is 0.700. The molecule has 0 radical (unpaired) electrons. The zero-order valence-electron chi connectivity index (χ0n) is 9.85. The van der Waals surface area contributed by atoms with Crippen molar-refractivity contribution in [3.8, 4) is 0 Å². The minimum atomic E-state index is -0.608. The average molecular weight is 264 g/mol. The highest BCUT2D eigenvalue weighted by Gasteiger charge is 2.06. The van der Waals surface area contributed by atoms with Crippen LogP contribution in [0.4, 0.5) is 4.79 Å². The molecule has 98 valence electrons. The molecule has 3 N–H and O–H groups in total. The summed E-state index contributed by atoms with van der Waals surface area (Å²) in [6, 6.07) is -0.608. The predicted molar refractivity (Wildman–Crippen MR) is 64.8 cm³/mol. The molecule has 0 aliphatic rings. The highest BCUT2D eigenvalue weighted by molar-refractivity contribution is 6.19. The molecule has 0 saturated heterocycles. The Labute approximate surface area is 105 Å². The van der Waals surface area contributed by atoms with Gasteiger partial charge in [0.2, 0.25) is 11.8 Å². The third kappa shape index (κ3) is 9.62. The standard InChI is InChI=1S/C10H18ClN3O3/c1-2-6-12-8(15)4-7-13-10(17)14-9(16)3-5-11/h2-7H2,1H3,(H,12,15)(H2,13,14,16,17). The Morgan fingerprint density at radius 3 is 2.29 bits per heavy atom. The van der Waals surface area contributed by atoms with E-state index in [0.29, 0.717) is 6.54 Å². The number of nitrogens with one attached hydrogen (secondary N) is 3. The van der Waals surface area contributed by atoms with Crippen molar-refractivity contribution in [3.05, 3.63) is 0 Å². The SMILES string of the molecule is CCCNC(=O)CCNC(=O)NC(=O)CCCl. The van der Waals surface area contributed by atoms with Gasteiger partial charge in [0.05, 0.1) is 0 Å². The van der Waals surface area contributed by atoms with Gasteiger partial charge in [-0.15, -0.1) is 11.6 Å². The molecule has 6 nitrogen and oxygen atoms in total. The molecule has 17 heavy (non-hydrogen) atoms. The molecule has 7 heteroatoms. The summed E-state index contributed by atoms with van der Waals surface area (Å²) < 4.78 is 0. The number of halogens is 1. The van der Waals surface area contributed by atoms with Crippen LogP contribution in [0, 0.1) is 0 Å². The summed E-state index contributed by atoms with van der Waals surface area (Å²) in [5.74, 6) is -0.398. The molecule has 0 saturated carbocycles. The van der Waals surface area contributed by atoms with E-state index < -0.39 is 11.9 Å². The van der Waals surface area contributed by atoms with Gasteiger partial charge in [-0.05, 0) is 6.42 Å². The van der Waals surface area contributed by atoms with Crippen LogP contribution in [0.2, 0.25) is 0 Å². The Balaban J connectivity index is 3.57. The molecule has 0 aliphatic carbocycles. The molecule has 0 aromatic carbocycles. The van der Waals surface area contributed by atoms with Crippen LogP contribution in [-0.2, 0) is 9.59 Å². The van der Waals surface area contributed by atoms with Gasteiger partial charge in [-0.2, -0.15) is 0 Å². The quantitative estimate of drug-likeness (QED) is 0.580. The zero-order chi connectivity index (χ0) is 13.1. The van der Waals surface area contributed by atoms with Crippen LogP contribution in [0.25, 0.3) is 0 Å². The first-order valence-electron chi connectivity index (χ1n) is 5.50. The molecule has 0 heterocycles. The summed E-state index contributed by atoms with van der Waals surface area (Å²) in [6.45, 7) is 2.77. The third-order valence-corrected chi connectivity index (χ3v) is 1.97. The lowest BCUT2D eigenvalue weighted by Gasteiger charge is -2.06. The summed E-state index contributed by atoms with van der Waals surface area (Å²) in [4.78, 5) is 33.2. The number of alkyl halides is 1. The Hall–Kier alpha value is -1.30. The van der Waals surface area contributed by atoms with Crippen molar-refractivity contribution < 1.29 is 14.4 Å². The second-order valence-electron chi connectivity index (χ2n) is 3.34. The van der Waals surface area contributed by atoms with E-state index in [1.165, 1.54) is 0 Å². The monoisotopic (exact) mass is 263 g/mol. The molecule has 0 aromatic rings. The van der Waals surface area contributed by atoms with Gasteiger partial charge < -0.3 is 10.6 Å². The summed E-state index contributed by atoms with van der Waals surface area (Å²) in [5, 5.41) is 7.17. The van der Waals surface area contributed by atoms with Crippen LogP contribution < -0.4 is 16.0 Å². The van der Waals surface area contributed by atoms with Crippen LogP contribution in [0.3, 0.4) is 0 Å². The summed E-state index contributed by atoms with van der Waals surface area (Å²) in [6.07, 6.45) is 1.15. The van der Waals surface area contributed by atoms with Gasteiger partial charge in [-0.1, -0.05) is 6.92 Å². The third-order valence-electron chi connectivity index (χ3n) is 1.78. The maximum absolute atomic E-state index is 11.1. The molecule has 0 aromatic heterocycles. The number of carbonyl (C=O) groups excluding carboxylic acids is 3. The van der Waals surface area contributed by atoms with Crippen molar-refractivity contribution in [2.24, 2.45) is 0 Å². The smallest absolute Gasteiger partial charge is 0.321 e. The highest BCUT2D eigenvalue weighted by Crippen LogP contribution is 1.84. The van der Waals surface area contributed by atoms with Gasteiger partial charge in [-0.25, -0.2) is 4.79 Å². The van der Waals surface area contributed by atoms with Gasteiger partial charge >= 0.3 is 6.03 Å². The average Bonchev–Trinajstić information content (AvgIpc) is 2.26. The second kappa shape index (κ2) is 9.89. The number of rotatable bonds is 7. The van der Waals surface area contributed by atoms with E-state index in [1.807, 2.05) is 6.92 Å². The number of imide groups is 1. The van der Waals surface area contributed by atoms with Gasteiger partial charge in [0.1, 0.15) is 0 Å². The second-order valence-corrected chi connectivity index (χ2v) is 3.72. The Kier molecular flexibility index (Phi) is 9.14. The topological polar surface area (TPSA) is 87.3 Å². The van der Waals surface area contributed by atoms with Crippen molar-refractivity contribution in [2.75, 3.05) is 19.0 Å². The van der Waals surface area contributed by atoms with Gasteiger partial charge in [0, 0.05) is 31.8 Å². The molecular weight excluding hydrogens is 246 g/mol. The number of urea groups is 1. The molecule has 0 fully saturated rings. The maximum Gasteiger partial charge on any atom is 0.321 e. The maximum atomic E-state index is 11.1. The van der Waals surface area contributed by atoms with Gasteiger partial charge in [-0.3, -0.25) is 14.9 Å². The van der Waals surface area contributed by atoms with Crippen LogP contribution >= 0.6 is 11.6 Å². The lowest BCUT2D eigenvalue weighted by Crippen LogP contribution is -2.41. The normalized spacial score (nSPS) is 9.53. The molecule has 0 unspecified atom stereocenters. The van der Waals surface area contributed by atoms with Crippen LogP contribution in [-0.4, -0.2) is 36.8 Å². The van der Waals surface area contributed by atoms with E-state index in [0.717, 1.165) is 6.42 Å². The predicted octanol–water partition coefficient (Wildman–Crippen LogP) is 0.357. The van der Waals surface area contributed by atoms with E-state index in [9.17, 15) is 14.4 Å². The molecule has 4 amide bonds. The Morgan fingerprint density at radius 2 is 1.71 bits per heavy atom. The van der Waals surface area contributed by atoms with E-state index in [1.54, 1.807) is 0 Å². The van der Waals surface area contributed by atoms with Crippen LogP contribution in [0.15, 0.2) is 0 Å². The molecule has 0 aliphatic heterocycles. The summed E-state index contributed by atoms with van der Waals surface area (Å²) >= 11 is 5.33. The van der Waals surface area contributed by atoms with Crippen molar-refractivity contribution in [1.29, 1.82) is 0 Å².